The molecule has 0 atom stereocenters. The van der Waals surface area contributed by atoms with E-state index in [1.807, 2.05) is 6.26 Å². The van der Waals surface area contributed by atoms with Crippen molar-refractivity contribution in [1.29, 1.82) is 0 Å². The van der Waals surface area contributed by atoms with Crippen molar-refractivity contribution in [2.45, 2.75) is 16.5 Å². The maximum atomic E-state index is 12.3. The number of benzene rings is 1. The molecular formula is C13H14ClN3O3S2. The van der Waals surface area contributed by atoms with E-state index in [0.29, 0.717) is 16.5 Å². The van der Waals surface area contributed by atoms with Crippen LogP contribution >= 0.6 is 23.4 Å². The van der Waals surface area contributed by atoms with Crippen LogP contribution in [-0.2, 0) is 16.6 Å². The van der Waals surface area contributed by atoms with Gasteiger partial charge >= 0.3 is 0 Å². The second kappa shape index (κ2) is 7.28. The Hall–Kier alpha value is -1.35. The summed E-state index contributed by atoms with van der Waals surface area (Å²) < 4.78 is 32.2. The Morgan fingerprint density at radius 3 is 2.68 bits per heavy atom. The lowest BCUT2D eigenvalue weighted by Gasteiger charge is -2.10. The SMILES string of the molecule is COc1cc(SC)nnc1CNS(=O)(=O)c1ccccc1Cl. The monoisotopic (exact) mass is 359 g/mol. The van der Waals surface area contributed by atoms with Crippen LogP contribution in [0.5, 0.6) is 5.75 Å². The molecule has 2 aromatic rings. The molecule has 22 heavy (non-hydrogen) atoms. The van der Waals surface area contributed by atoms with Crippen molar-refractivity contribution in [2.75, 3.05) is 13.4 Å². The zero-order valence-electron chi connectivity index (χ0n) is 11.9. The van der Waals surface area contributed by atoms with Gasteiger partial charge in [0.15, 0.2) is 0 Å². The molecule has 0 aliphatic heterocycles. The van der Waals surface area contributed by atoms with Gasteiger partial charge in [-0.25, -0.2) is 13.1 Å². The molecular weight excluding hydrogens is 346 g/mol. The van der Waals surface area contributed by atoms with E-state index in [1.165, 1.54) is 31.0 Å². The van der Waals surface area contributed by atoms with E-state index >= 15 is 0 Å². The minimum Gasteiger partial charge on any atom is -0.495 e. The molecule has 0 spiro atoms. The number of nitrogens with zero attached hydrogens (tertiary/aromatic N) is 2. The van der Waals surface area contributed by atoms with E-state index in [1.54, 1.807) is 18.2 Å². The number of sulfonamides is 1. The van der Waals surface area contributed by atoms with Gasteiger partial charge in [-0.3, -0.25) is 0 Å². The van der Waals surface area contributed by atoms with Crippen molar-refractivity contribution in [3.05, 3.63) is 41.0 Å². The van der Waals surface area contributed by atoms with E-state index < -0.39 is 10.0 Å². The van der Waals surface area contributed by atoms with Gasteiger partial charge in [0.25, 0.3) is 0 Å². The van der Waals surface area contributed by atoms with Crippen LogP contribution in [0.15, 0.2) is 40.3 Å². The minimum atomic E-state index is -3.74. The van der Waals surface area contributed by atoms with Gasteiger partial charge in [0, 0.05) is 6.07 Å². The number of aromatic nitrogens is 2. The number of halogens is 1. The highest BCUT2D eigenvalue weighted by Gasteiger charge is 2.18. The summed E-state index contributed by atoms with van der Waals surface area (Å²) >= 11 is 7.33. The molecule has 0 saturated heterocycles. The molecule has 1 heterocycles. The molecule has 0 fully saturated rings. The first-order valence-corrected chi connectivity index (χ1v) is 9.25. The normalized spacial score (nSPS) is 11.4. The number of hydrogen-bond donors (Lipinski definition) is 1. The Kier molecular flexibility index (Phi) is 5.63. The number of hydrogen-bond acceptors (Lipinski definition) is 6. The van der Waals surface area contributed by atoms with Gasteiger partial charge in [-0.1, -0.05) is 23.7 Å². The maximum Gasteiger partial charge on any atom is 0.242 e. The summed E-state index contributed by atoms with van der Waals surface area (Å²) in [5.41, 5.74) is 0.399. The van der Waals surface area contributed by atoms with Gasteiger partial charge in [0.05, 0.1) is 18.7 Å². The lowest BCUT2D eigenvalue weighted by Crippen LogP contribution is -2.24. The molecule has 0 aliphatic carbocycles. The predicted octanol–water partition coefficient (Wildman–Crippen LogP) is 2.34. The highest BCUT2D eigenvalue weighted by atomic mass is 35.5. The molecule has 9 heteroatoms. The fraction of sp³-hybridized carbons (Fsp3) is 0.231. The summed E-state index contributed by atoms with van der Waals surface area (Å²) in [4.78, 5) is 0.0179. The standard InChI is InChI=1S/C13H14ClN3O3S2/c1-20-11-7-13(21-2)17-16-10(11)8-15-22(18,19)12-6-4-3-5-9(12)14/h3-7,15H,8H2,1-2H3. The van der Waals surface area contributed by atoms with E-state index in [9.17, 15) is 8.42 Å². The van der Waals surface area contributed by atoms with Crippen molar-refractivity contribution in [3.8, 4) is 5.75 Å². The van der Waals surface area contributed by atoms with Crippen molar-refractivity contribution in [2.24, 2.45) is 0 Å². The molecule has 0 amide bonds. The average molecular weight is 360 g/mol. The van der Waals surface area contributed by atoms with E-state index in [0.717, 1.165) is 0 Å². The third kappa shape index (κ3) is 3.89. The largest absolute Gasteiger partial charge is 0.495 e. The van der Waals surface area contributed by atoms with Crippen LogP contribution in [-0.4, -0.2) is 32.0 Å². The lowest BCUT2D eigenvalue weighted by molar-refractivity contribution is 0.402. The molecule has 1 aromatic carbocycles. The molecule has 1 N–H and O–H groups in total. The van der Waals surface area contributed by atoms with Crippen molar-refractivity contribution < 1.29 is 13.2 Å². The van der Waals surface area contributed by atoms with Crippen LogP contribution in [0, 0.1) is 0 Å². The Balaban J connectivity index is 2.21. The van der Waals surface area contributed by atoms with Crippen LogP contribution in [0.1, 0.15) is 5.69 Å². The Morgan fingerprint density at radius 1 is 1.32 bits per heavy atom. The summed E-state index contributed by atoms with van der Waals surface area (Å²) in [6, 6.07) is 7.93. The summed E-state index contributed by atoms with van der Waals surface area (Å²) in [7, 11) is -2.25. The van der Waals surface area contributed by atoms with E-state index in [2.05, 4.69) is 14.9 Å². The summed E-state index contributed by atoms with van der Waals surface area (Å²) in [5.74, 6) is 0.473. The van der Waals surface area contributed by atoms with E-state index in [-0.39, 0.29) is 16.5 Å². The molecule has 0 radical (unpaired) electrons. The number of nitrogens with one attached hydrogen (secondary N) is 1. The average Bonchev–Trinajstić information content (AvgIpc) is 2.53. The molecule has 0 saturated carbocycles. The topological polar surface area (TPSA) is 81.2 Å². The number of methoxy groups -OCH3 is 1. The Bertz CT molecular complexity index is 769. The van der Waals surface area contributed by atoms with Gasteiger partial charge in [-0.05, 0) is 18.4 Å². The Labute approximate surface area is 138 Å². The van der Waals surface area contributed by atoms with Crippen LogP contribution in [0.4, 0.5) is 0 Å². The summed E-state index contributed by atoms with van der Waals surface area (Å²) in [6.45, 7) is -0.0433. The van der Waals surface area contributed by atoms with Gasteiger partial charge in [-0.15, -0.1) is 22.0 Å². The van der Waals surface area contributed by atoms with Gasteiger partial charge < -0.3 is 4.74 Å². The van der Waals surface area contributed by atoms with Crippen LogP contribution < -0.4 is 9.46 Å². The van der Waals surface area contributed by atoms with Gasteiger partial charge in [-0.2, -0.15) is 0 Å². The zero-order valence-corrected chi connectivity index (χ0v) is 14.3. The lowest BCUT2D eigenvalue weighted by atomic mass is 10.3. The first-order valence-electron chi connectivity index (χ1n) is 6.16. The fourth-order valence-corrected chi connectivity index (χ4v) is 3.54. The highest BCUT2D eigenvalue weighted by Crippen LogP contribution is 2.23. The molecule has 118 valence electrons. The zero-order chi connectivity index (χ0) is 16.2. The molecule has 0 bridgehead atoms. The fourth-order valence-electron chi connectivity index (χ4n) is 1.69. The maximum absolute atomic E-state index is 12.3. The molecule has 1 aromatic heterocycles. The van der Waals surface area contributed by atoms with Crippen molar-refractivity contribution >= 4 is 33.4 Å². The number of thioether (sulfide) groups is 1. The number of rotatable bonds is 6. The first-order chi connectivity index (χ1) is 10.5. The Morgan fingerprint density at radius 2 is 2.05 bits per heavy atom. The van der Waals surface area contributed by atoms with Crippen LogP contribution in [0.2, 0.25) is 5.02 Å². The van der Waals surface area contributed by atoms with Gasteiger partial charge in [0.2, 0.25) is 10.0 Å². The first kappa shape index (κ1) is 17.0. The summed E-state index contributed by atoms with van der Waals surface area (Å²) in [5, 5.41) is 8.80. The molecule has 6 nitrogen and oxygen atoms in total. The predicted molar refractivity (Wildman–Crippen MR) is 85.8 cm³/mol. The third-order valence-corrected chi connectivity index (χ3v) is 5.31. The smallest absolute Gasteiger partial charge is 0.242 e. The molecule has 0 unspecified atom stereocenters. The second-order valence-corrected chi connectivity index (χ2v) is 7.13. The molecule has 0 aliphatic rings. The van der Waals surface area contributed by atoms with Crippen LogP contribution in [0.25, 0.3) is 0 Å². The van der Waals surface area contributed by atoms with Crippen LogP contribution in [0.3, 0.4) is 0 Å². The van der Waals surface area contributed by atoms with Crippen molar-refractivity contribution in [1.82, 2.24) is 14.9 Å². The quantitative estimate of drug-likeness (QED) is 0.797. The number of ether oxygens (including phenoxy) is 1. The third-order valence-electron chi connectivity index (χ3n) is 2.79. The minimum absolute atomic E-state index is 0.0179. The van der Waals surface area contributed by atoms with E-state index in [4.69, 9.17) is 16.3 Å². The van der Waals surface area contributed by atoms with Crippen molar-refractivity contribution in [3.63, 3.8) is 0 Å². The highest BCUT2D eigenvalue weighted by molar-refractivity contribution is 7.98. The van der Waals surface area contributed by atoms with Gasteiger partial charge in [0.1, 0.15) is 21.4 Å². The summed E-state index contributed by atoms with van der Waals surface area (Å²) in [6.07, 6.45) is 1.86. The molecule has 2 rings (SSSR count). The second-order valence-electron chi connectivity index (χ2n) is 4.16.